The van der Waals surface area contributed by atoms with Crippen LogP contribution >= 0.6 is 0 Å². The highest BCUT2D eigenvalue weighted by molar-refractivity contribution is 5.58. The third-order valence-corrected chi connectivity index (χ3v) is 2.44. The molecular formula is C11H17N3O5. The van der Waals surface area contributed by atoms with E-state index in [4.69, 9.17) is 9.47 Å². The molecule has 0 saturated heterocycles. The van der Waals surface area contributed by atoms with Crippen molar-refractivity contribution in [1.29, 1.82) is 0 Å². The van der Waals surface area contributed by atoms with Gasteiger partial charge in [-0.2, -0.15) is 4.98 Å². The molecule has 1 atom stereocenters. The van der Waals surface area contributed by atoms with Crippen LogP contribution in [0.4, 0.5) is 11.5 Å². The van der Waals surface area contributed by atoms with Crippen molar-refractivity contribution in [1.82, 2.24) is 4.98 Å². The Bertz CT molecular complexity index is 440. The summed E-state index contributed by atoms with van der Waals surface area (Å²) >= 11 is 0. The van der Waals surface area contributed by atoms with Gasteiger partial charge >= 0.3 is 5.69 Å². The summed E-state index contributed by atoms with van der Waals surface area (Å²) < 4.78 is 9.75. The molecule has 0 amide bonds. The lowest BCUT2D eigenvalue weighted by molar-refractivity contribution is -0.384. The number of rotatable bonds is 7. The number of aliphatic hydroxyl groups is 1. The van der Waals surface area contributed by atoms with Crippen LogP contribution in [0.5, 0.6) is 5.88 Å². The van der Waals surface area contributed by atoms with Crippen molar-refractivity contribution in [3.63, 3.8) is 0 Å². The minimum Gasteiger partial charge on any atom is -0.481 e. The molecule has 0 aliphatic heterocycles. The van der Waals surface area contributed by atoms with Crippen LogP contribution in [-0.4, -0.2) is 55.5 Å². The average Bonchev–Trinajstić information content (AvgIpc) is 2.37. The maximum atomic E-state index is 10.9. The van der Waals surface area contributed by atoms with E-state index in [9.17, 15) is 15.2 Å². The zero-order valence-electron chi connectivity index (χ0n) is 11.1. The van der Waals surface area contributed by atoms with Gasteiger partial charge in [-0.1, -0.05) is 0 Å². The molecule has 1 rings (SSSR count). The van der Waals surface area contributed by atoms with Crippen LogP contribution < -0.4 is 9.64 Å². The number of hydrogen-bond donors (Lipinski definition) is 1. The molecule has 0 radical (unpaired) electrons. The van der Waals surface area contributed by atoms with E-state index < -0.39 is 11.0 Å². The van der Waals surface area contributed by atoms with E-state index in [1.807, 2.05) is 0 Å². The SMILES string of the molecule is COCC(O)CN(C)c1nc(OC)ccc1[N+](=O)[O-]. The highest BCUT2D eigenvalue weighted by Crippen LogP contribution is 2.27. The Morgan fingerprint density at radius 3 is 2.74 bits per heavy atom. The van der Waals surface area contributed by atoms with Crippen molar-refractivity contribution in [2.24, 2.45) is 0 Å². The van der Waals surface area contributed by atoms with Crippen molar-refractivity contribution in [2.75, 3.05) is 39.3 Å². The highest BCUT2D eigenvalue weighted by Gasteiger charge is 2.21. The minimum atomic E-state index is -0.761. The van der Waals surface area contributed by atoms with E-state index in [2.05, 4.69) is 4.98 Å². The van der Waals surface area contributed by atoms with Gasteiger partial charge in [-0.05, 0) is 0 Å². The number of hydrogen-bond acceptors (Lipinski definition) is 7. The van der Waals surface area contributed by atoms with Crippen LogP contribution in [0.25, 0.3) is 0 Å². The maximum Gasteiger partial charge on any atom is 0.311 e. The summed E-state index contributed by atoms with van der Waals surface area (Å²) in [4.78, 5) is 15.9. The van der Waals surface area contributed by atoms with Crippen LogP contribution in [0.2, 0.25) is 0 Å². The summed E-state index contributed by atoms with van der Waals surface area (Å²) in [5, 5.41) is 20.6. The fourth-order valence-electron chi connectivity index (χ4n) is 1.61. The normalized spacial score (nSPS) is 12.0. The van der Waals surface area contributed by atoms with Gasteiger partial charge in [-0.15, -0.1) is 0 Å². The summed E-state index contributed by atoms with van der Waals surface area (Å²) in [7, 11) is 4.50. The first-order valence-corrected chi connectivity index (χ1v) is 5.57. The van der Waals surface area contributed by atoms with Gasteiger partial charge in [0.1, 0.15) is 0 Å². The molecule has 8 heteroatoms. The van der Waals surface area contributed by atoms with E-state index in [1.165, 1.54) is 31.3 Å². The molecule has 0 saturated carbocycles. The molecule has 19 heavy (non-hydrogen) atoms. The molecule has 8 nitrogen and oxygen atoms in total. The standard InChI is InChI=1S/C11H17N3O5/c1-13(6-8(15)7-18-2)11-9(14(16)17)4-5-10(12-11)19-3/h4-5,8,15H,6-7H2,1-3H3. The van der Waals surface area contributed by atoms with Crippen molar-refractivity contribution in [3.05, 3.63) is 22.2 Å². The predicted molar refractivity (Wildman–Crippen MR) is 68.6 cm³/mol. The number of aromatic nitrogens is 1. The summed E-state index contributed by atoms with van der Waals surface area (Å²) in [6, 6.07) is 2.74. The monoisotopic (exact) mass is 271 g/mol. The molecule has 106 valence electrons. The zero-order chi connectivity index (χ0) is 14.4. The first-order chi connectivity index (χ1) is 8.99. The van der Waals surface area contributed by atoms with Gasteiger partial charge in [0.15, 0.2) is 0 Å². The smallest absolute Gasteiger partial charge is 0.311 e. The van der Waals surface area contributed by atoms with Gasteiger partial charge in [-0.25, -0.2) is 0 Å². The van der Waals surface area contributed by atoms with E-state index >= 15 is 0 Å². The molecule has 1 aromatic rings. The van der Waals surface area contributed by atoms with E-state index in [0.29, 0.717) is 0 Å². The number of anilines is 1. The molecule has 1 aromatic heterocycles. The Kier molecular flexibility index (Phi) is 5.46. The largest absolute Gasteiger partial charge is 0.481 e. The predicted octanol–water partition coefficient (Wildman–Crippen LogP) is 0.442. The van der Waals surface area contributed by atoms with Crippen LogP contribution in [0.1, 0.15) is 0 Å². The maximum absolute atomic E-state index is 10.9. The fourth-order valence-corrected chi connectivity index (χ4v) is 1.61. The number of pyridine rings is 1. The van der Waals surface area contributed by atoms with Crippen LogP contribution in [0.3, 0.4) is 0 Å². The Labute approximate surface area is 110 Å². The lowest BCUT2D eigenvalue weighted by atomic mass is 10.3. The topological polar surface area (TPSA) is 98.0 Å². The molecule has 0 aliphatic rings. The zero-order valence-corrected chi connectivity index (χ0v) is 11.1. The van der Waals surface area contributed by atoms with Gasteiger partial charge < -0.3 is 19.5 Å². The summed E-state index contributed by atoms with van der Waals surface area (Å²) in [6.07, 6.45) is -0.761. The molecule has 1 heterocycles. The van der Waals surface area contributed by atoms with Crippen molar-refractivity contribution in [3.8, 4) is 5.88 Å². The third-order valence-electron chi connectivity index (χ3n) is 2.44. The first kappa shape index (κ1) is 15.1. The minimum absolute atomic E-state index is 0.138. The summed E-state index contributed by atoms with van der Waals surface area (Å²) in [6.45, 7) is 0.303. The first-order valence-electron chi connectivity index (χ1n) is 5.57. The Hall–Kier alpha value is -1.93. The van der Waals surface area contributed by atoms with E-state index in [1.54, 1.807) is 7.05 Å². The number of methoxy groups -OCH3 is 2. The number of nitrogens with zero attached hydrogens (tertiary/aromatic N) is 3. The van der Waals surface area contributed by atoms with Gasteiger partial charge in [-0.3, -0.25) is 10.1 Å². The molecule has 0 spiro atoms. The van der Waals surface area contributed by atoms with Crippen LogP contribution in [0, 0.1) is 10.1 Å². The van der Waals surface area contributed by atoms with E-state index in [-0.39, 0.29) is 30.5 Å². The van der Waals surface area contributed by atoms with Crippen molar-refractivity contribution >= 4 is 11.5 Å². The average molecular weight is 271 g/mol. The number of likely N-dealkylation sites (N-methyl/N-ethyl adjacent to an activating group) is 1. The van der Waals surface area contributed by atoms with E-state index in [0.717, 1.165) is 0 Å². The molecule has 1 N–H and O–H groups in total. The molecular weight excluding hydrogens is 254 g/mol. The molecule has 0 fully saturated rings. The molecule has 0 bridgehead atoms. The second kappa shape index (κ2) is 6.86. The highest BCUT2D eigenvalue weighted by atomic mass is 16.6. The summed E-state index contributed by atoms with van der Waals surface area (Å²) in [5.74, 6) is 0.410. The molecule has 0 aromatic carbocycles. The molecule has 1 unspecified atom stereocenters. The van der Waals surface area contributed by atoms with Gasteiger partial charge in [0.05, 0.1) is 24.7 Å². The van der Waals surface area contributed by atoms with Crippen molar-refractivity contribution < 1.29 is 19.5 Å². The summed E-state index contributed by atoms with van der Waals surface area (Å²) in [5.41, 5.74) is -0.145. The van der Waals surface area contributed by atoms with Gasteiger partial charge in [0, 0.05) is 32.8 Å². The Morgan fingerprint density at radius 2 is 2.21 bits per heavy atom. The van der Waals surface area contributed by atoms with Gasteiger partial charge in [0.25, 0.3) is 0 Å². The second-order valence-electron chi connectivity index (χ2n) is 3.94. The Morgan fingerprint density at radius 1 is 1.53 bits per heavy atom. The number of aliphatic hydroxyl groups excluding tert-OH is 1. The van der Waals surface area contributed by atoms with Crippen LogP contribution in [0.15, 0.2) is 12.1 Å². The lowest BCUT2D eigenvalue weighted by Crippen LogP contribution is -2.32. The lowest BCUT2D eigenvalue weighted by Gasteiger charge is -2.21. The number of ether oxygens (including phenoxy) is 2. The third kappa shape index (κ3) is 4.04. The van der Waals surface area contributed by atoms with Crippen molar-refractivity contribution in [2.45, 2.75) is 6.10 Å². The molecule has 0 aliphatic carbocycles. The number of nitro groups is 1. The second-order valence-corrected chi connectivity index (χ2v) is 3.94. The quantitative estimate of drug-likeness (QED) is 0.567. The fraction of sp³-hybridized carbons (Fsp3) is 0.545. The van der Waals surface area contributed by atoms with Crippen LogP contribution in [-0.2, 0) is 4.74 Å². The van der Waals surface area contributed by atoms with Gasteiger partial charge in [0.2, 0.25) is 11.7 Å². The Balaban J connectivity index is 2.98.